The van der Waals surface area contributed by atoms with Crippen molar-refractivity contribution in [3.63, 3.8) is 0 Å². The van der Waals surface area contributed by atoms with Gasteiger partial charge in [-0.3, -0.25) is 14.8 Å². The highest BCUT2D eigenvalue weighted by atomic mass is 127. The van der Waals surface area contributed by atoms with Crippen LogP contribution in [0.4, 0.5) is 31.5 Å². The van der Waals surface area contributed by atoms with E-state index < -0.39 is 38.0 Å². The molecule has 3 aromatic rings. The number of anilines is 3. The molecule has 0 radical (unpaired) electrons. The molecule has 12 heteroatoms. The van der Waals surface area contributed by atoms with Crippen LogP contribution >= 0.6 is 22.6 Å². The summed E-state index contributed by atoms with van der Waals surface area (Å²) in [5.41, 5.74) is -0.687. The molecule has 3 rings (SSSR count). The number of hydrogen-bond donors (Lipinski definition) is 2. The van der Waals surface area contributed by atoms with Gasteiger partial charge in [-0.25, -0.2) is 12.8 Å². The van der Waals surface area contributed by atoms with E-state index in [1.54, 1.807) is 6.07 Å². The van der Waals surface area contributed by atoms with E-state index in [2.05, 4.69) is 10.0 Å². The molecule has 0 bridgehead atoms. The smallest absolute Gasteiger partial charge is 0.346 e. The van der Waals surface area contributed by atoms with Gasteiger partial charge in [0.15, 0.2) is 0 Å². The van der Waals surface area contributed by atoms with Gasteiger partial charge in [0.05, 0.1) is 22.1 Å². The van der Waals surface area contributed by atoms with E-state index in [-0.39, 0.29) is 28.6 Å². The van der Waals surface area contributed by atoms with Gasteiger partial charge in [0.1, 0.15) is 11.6 Å². The average Bonchev–Trinajstić information content (AvgIpc) is 2.69. The number of halogens is 3. The molecule has 0 aliphatic rings. The fourth-order valence-electron chi connectivity index (χ4n) is 2.65. The zero-order valence-corrected chi connectivity index (χ0v) is 19.4. The van der Waals surface area contributed by atoms with E-state index in [1.165, 1.54) is 43.3 Å². The van der Waals surface area contributed by atoms with Crippen molar-refractivity contribution in [2.75, 3.05) is 15.8 Å². The van der Waals surface area contributed by atoms with Crippen LogP contribution in [0.15, 0.2) is 54.6 Å². The van der Waals surface area contributed by atoms with E-state index >= 15 is 0 Å². The normalized spacial score (nSPS) is 11.1. The predicted molar refractivity (Wildman–Crippen MR) is 125 cm³/mol. The van der Waals surface area contributed by atoms with E-state index in [1.807, 2.05) is 22.6 Å². The quantitative estimate of drug-likeness (QED) is 0.200. The van der Waals surface area contributed by atoms with Gasteiger partial charge in [-0.15, -0.1) is 0 Å². The lowest BCUT2D eigenvalue weighted by Crippen LogP contribution is -2.14. The van der Waals surface area contributed by atoms with Crippen molar-refractivity contribution in [2.45, 2.75) is 6.92 Å². The minimum absolute atomic E-state index is 0.0195. The van der Waals surface area contributed by atoms with Crippen molar-refractivity contribution in [3.8, 4) is 11.5 Å². The molecular formula is C20H16F2IN3O5S. The summed E-state index contributed by atoms with van der Waals surface area (Å²) in [5.74, 6) is -2.35. The van der Waals surface area contributed by atoms with Crippen molar-refractivity contribution in [1.82, 2.24) is 0 Å². The molecule has 0 fully saturated rings. The summed E-state index contributed by atoms with van der Waals surface area (Å²) in [7, 11) is -3.56. The molecule has 3 aromatic carbocycles. The largest absolute Gasteiger partial charge is 0.450 e. The number of nitrogens with zero attached hydrogens (tertiary/aromatic N) is 1. The molecule has 0 unspecified atom stereocenters. The first-order valence-corrected chi connectivity index (χ1v) is 11.8. The molecule has 168 valence electrons. The molecule has 0 atom stereocenters. The van der Waals surface area contributed by atoms with E-state index in [0.29, 0.717) is 3.57 Å². The zero-order chi connectivity index (χ0) is 23.5. The maximum absolute atomic E-state index is 14.5. The minimum Gasteiger partial charge on any atom is -0.450 e. The Morgan fingerprint density at radius 1 is 1.06 bits per heavy atom. The van der Waals surface area contributed by atoms with Gasteiger partial charge in [0, 0.05) is 27.5 Å². The molecule has 8 nitrogen and oxygen atoms in total. The minimum atomic E-state index is -3.56. The van der Waals surface area contributed by atoms with Gasteiger partial charge < -0.3 is 10.1 Å². The third-order valence-electron chi connectivity index (χ3n) is 4.14. The first kappa shape index (κ1) is 23.7. The zero-order valence-electron chi connectivity index (χ0n) is 16.4. The maximum Gasteiger partial charge on any atom is 0.346 e. The highest BCUT2D eigenvalue weighted by Crippen LogP contribution is 2.38. The van der Waals surface area contributed by atoms with Crippen LogP contribution in [0.2, 0.25) is 0 Å². The third-order valence-corrected chi connectivity index (χ3v) is 6.11. The second-order valence-electron chi connectivity index (χ2n) is 6.45. The monoisotopic (exact) mass is 575 g/mol. The lowest BCUT2D eigenvalue weighted by atomic mass is 10.2. The molecule has 0 spiro atoms. The van der Waals surface area contributed by atoms with Crippen molar-refractivity contribution >= 4 is 55.4 Å². The van der Waals surface area contributed by atoms with Crippen LogP contribution in [0.1, 0.15) is 6.92 Å². The number of hydrogen-bond acceptors (Lipinski definition) is 6. The fraction of sp³-hybridized carbons (Fsp3) is 0.100. The van der Waals surface area contributed by atoms with Gasteiger partial charge >= 0.3 is 5.69 Å². The van der Waals surface area contributed by atoms with Gasteiger partial charge in [-0.2, -0.15) is 4.39 Å². The lowest BCUT2D eigenvalue weighted by Gasteiger charge is -2.13. The van der Waals surface area contributed by atoms with Crippen molar-refractivity contribution in [3.05, 3.63) is 79.9 Å². The number of nitro groups is 1. The number of benzene rings is 3. The van der Waals surface area contributed by atoms with Crippen LogP contribution < -0.4 is 14.8 Å². The molecule has 2 N–H and O–H groups in total. The van der Waals surface area contributed by atoms with E-state index in [0.717, 1.165) is 12.1 Å². The molecule has 0 aliphatic carbocycles. The molecule has 0 heterocycles. The van der Waals surface area contributed by atoms with Crippen molar-refractivity contribution in [1.29, 1.82) is 0 Å². The Bertz CT molecular complexity index is 1290. The summed E-state index contributed by atoms with van der Waals surface area (Å²) in [6, 6.07) is 12.0. The molecule has 32 heavy (non-hydrogen) atoms. The fourth-order valence-corrected chi connectivity index (χ4v) is 3.73. The summed E-state index contributed by atoms with van der Waals surface area (Å²) in [4.78, 5) is 10.5. The molecular weight excluding hydrogens is 559 g/mol. The molecule has 0 aromatic heterocycles. The van der Waals surface area contributed by atoms with Crippen LogP contribution in [0.25, 0.3) is 0 Å². The highest BCUT2D eigenvalue weighted by Gasteiger charge is 2.24. The van der Waals surface area contributed by atoms with Crippen molar-refractivity contribution < 1.29 is 26.9 Å². The summed E-state index contributed by atoms with van der Waals surface area (Å²) in [6.45, 7) is 1.46. The molecule has 0 saturated carbocycles. The Morgan fingerprint density at radius 2 is 1.81 bits per heavy atom. The summed E-state index contributed by atoms with van der Waals surface area (Å²) in [6.07, 6.45) is 0. The van der Waals surface area contributed by atoms with Crippen LogP contribution in [-0.2, 0) is 10.0 Å². The Hall–Kier alpha value is -3.00. The van der Waals surface area contributed by atoms with Crippen LogP contribution in [0.5, 0.6) is 11.5 Å². The Morgan fingerprint density at radius 3 is 2.47 bits per heavy atom. The second kappa shape index (κ2) is 9.65. The SMILES string of the molecule is CCS(=O)(=O)Nc1cccc(Oc2cc(Nc3ccc(I)cc3F)cc(F)c2[N+](=O)[O-])c1. The Kier molecular flexibility index (Phi) is 7.13. The number of nitro benzene ring substituents is 1. The van der Waals surface area contributed by atoms with Crippen molar-refractivity contribution in [2.24, 2.45) is 0 Å². The number of ether oxygens (including phenoxy) is 1. The van der Waals surface area contributed by atoms with Crippen LogP contribution in [0.3, 0.4) is 0 Å². The Balaban J connectivity index is 1.97. The topological polar surface area (TPSA) is 111 Å². The third kappa shape index (κ3) is 5.82. The number of rotatable bonds is 8. The number of nitrogens with one attached hydrogen (secondary N) is 2. The average molecular weight is 575 g/mol. The van der Waals surface area contributed by atoms with Gasteiger partial charge in [0.2, 0.25) is 21.6 Å². The highest BCUT2D eigenvalue weighted by molar-refractivity contribution is 14.1. The standard InChI is InChI=1S/C20H16F2IN3O5S/c1-2-32(29,30)25-13-4-3-5-15(9-13)31-19-11-14(10-17(22)20(19)26(27)28)24-18-7-6-12(23)8-16(18)21/h3-11,24-25H,2H2,1H3. The number of sulfonamides is 1. The summed E-state index contributed by atoms with van der Waals surface area (Å²) in [5, 5.41) is 14.1. The van der Waals surface area contributed by atoms with E-state index in [9.17, 15) is 27.3 Å². The summed E-state index contributed by atoms with van der Waals surface area (Å²) >= 11 is 1.94. The van der Waals surface area contributed by atoms with Gasteiger partial charge in [-0.05, 0) is 59.8 Å². The second-order valence-corrected chi connectivity index (χ2v) is 9.70. The Labute approximate surface area is 195 Å². The molecule has 0 saturated heterocycles. The molecule has 0 amide bonds. The van der Waals surface area contributed by atoms with Crippen LogP contribution in [0, 0.1) is 25.3 Å². The first-order chi connectivity index (χ1) is 15.1. The van der Waals surface area contributed by atoms with E-state index in [4.69, 9.17) is 4.74 Å². The molecule has 0 aliphatic heterocycles. The maximum atomic E-state index is 14.5. The van der Waals surface area contributed by atoms with Gasteiger partial charge in [-0.1, -0.05) is 6.07 Å². The van der Waals surface area contributed by atoms with Crippen LogP contribution in [-0.4, -0.2) is 19.1 Å². The lowest BCUT2D eigenvalue weighted by molar-refractivity contribution is -0.388. The summed E-state index contributed by atoms with van der Waals surface area (Å²) < 4.78 is 60.7. The first-order valence-electron chi connectivity index (χ1n) is 9.06. The van der Waals surface area contributed by atoms with Gasteiger partial charge in [0.25, 0.3) is 0 Å². The predicted octanol–water partition coefficient (Wildman–Crippen LogP) is 5.78.